The first-order valence-electron chi connectivity index (χ1n) is 6.89. The van der Waals surface area contributed by atoms with Crippen LogP contribution < -0.4 is 5.32 Å². The maximum Gasteiger partial charge on any atom is 0.316 e. The van der Waals surface area contributed by atoms with Crippen LogP contribution in [0.5, 0.6) is 0 Å². The quantitative estimate of drug-likeness (QED) is 0.512. The molecule has 5 heteroatoms. The number of carbonyl (C=O) groups excluding carboxylic acids is 2. The second kappa shape index (κ2) is 8.07. The van der Waals surface area contributed by atoms with Gasteiger partial charge >= 0.3 is 11.9 Å². The van der Waals surface area contributed by atoms with Crippen molar-refractivity contribution in [2.75, 3.05) is 18.8 Å². The summed E-state index contributed by atoms with van der Waals surface area (Å²) < 4.78 is 4.91. The van der Waals surface area contributed by atoms with Gasteiger partial charge in [-0.2, -0.15) is 0 Å². The van der Waals surface area contributed by atoms with Crippen LogP contribution in [0.4, 0.5) is 0 Å². The first kappa shape index (κ1) is 15.1. The summed E-state index contributed by atoms with van der Waals surface area (Å²) in [6, 6.07) is 9.87. The average molecular weight is 293 g/mol. The van der Waals surface area contributed by atoms with Gasteiger partial charge in [-0.15, -0.1) is 11.8 Å². The molecule has 1 aromatic rings. The molecule has 1 aromatic carbocycles. The van der Waals surface area contributed by atoms with Gasteiger partial charge in [0.05, 0.1) is 12.3 Å². The Morgan fingerprint density at radius 3 is 2.60 bits per heavy atom. The van der Waals surface area contributed by atoms with Crippen molar-refractivity contribution in [3.8, 4) is 0 Å². The molecule has 0 aliphatic carbocycles. The van der Waals surface area contributed by atoms with E-state index in [1.165, 1.54) is 0 Å². The van der Waals surface area contributed by atoms with E-state index >= 15 is 0 Å². The van der Waals surface area contributed by atoms with Crippen molar-refractivity contribution < 1.29 is 14.3 Å². The van der Waals surface area contributed by atoms with Gasteiger partial charge in [0.15, 0.2) is 0 Å². The number of esters is 2. The van der Waals surface area contributed by atoms with Gasteiger partial charge in [-0.05, 0) is 38.1 Å². The van der Waals surface area contributed by atoms with Crippen molar-refractivity contribution in [2.45, 2.75) is 24.2 Å². The third kappa shape index (κ3) is 4.98. The third-order valence-corrected chi connectivity index (χ3v) is 4.22. The summed E-state index contributed by atoms with van der Waals surface area (Å²) in [6.45, 7) is 1.63. The van der Waals surface area contributed by atoms with Gasteiger partial charge in [-0.25, -0.2) is 0 Å². The minimum Gasteiger partial charge on any atom is -0.393 e. The maximum absolute atomic E-state index is 11.8. The van der Waals surface area contributed by atoms with Crippen molar-refractivity contribution in [1.29, 1.82) is 0 Å². The standard InChI is InChI=1S/C15H19NO3S/c17-14(8-11-20-13-4-2-1-3-5-13)19-15(18)12-6-9-16-10-7-12/h1-5,12,16H,6-11H2. The molecule has 2 rings (SSSR count). The second-order valence-electron chi connectivity index (χ2n) is 4.73. The SMILES string of the molecule is O=C(CCSc1ccccc1)OC(=O)C1CCNCC1. The molecule has 0 atom stereocenters. The first-order chi connectivity index (χ1) is 9.75. The van der Waals surface area contributed by atoms with Gasteiger partial charge in [0.2, 0.25) is 0 Å². The molecule has 108 valence electrons. The number of nitrogens with one attached hydrogen (secondary N) is 1. The van der Waals surface area contributed by atoms with Crippen molar-refractivity contribution in [1.82, 2.24) is 5.32 Å². The van der Waals surface area contributed by atoms with Crippen LogP contribution in [0.1, 0.15) is 19.3 Å². The molecule has 1 saturated heterocycles. The molecule has 4 nitrogen and oxygen atoms in total. The molecule has 1 aliphatic heterocycles. The number of hydrogen-bond acceptors (Lipinski definition) is 5. The summed E-state index contributed by atoms with van der Waals surface area (Å²) in [7, 11) is 0. The van der Waals surface area contributed by atoms with E-state index in [0.717, 1.165) is 30.8 Å². The van der Waals surface area contributed by atoms with Crippen molar-refractivity contribution in [2.24, 2.45) is 5.92 Å². The smallest absolute Gasteiger partial charge is 0.316 e. The number of thioether (sulfide) groups is 1. The van der Waals surface area contributed by atoms with Gasteiger partial charge in [-0.1, -0.05) is 18.2 Å². The molecule has 1 aliphatic rings. The fourth-order valence-corrected chi connectivity index (χ4v) is 2.93. The number of hydrogen-bond donors (Lipinski definition) is 1. The van der Waals surface area contributed by atoms with Crippen molar-refractivity contribution in [3.05, 3.63) is 30.3 Å². The van der Waals surface area contributed by atoms with Gasteiger partial charge < -0.3 is 10.1 Å². The Kier molecular flexibility index (Phi) is 6.08. The van der Waals surface area contributed by atoms with Gasteiger partial charge in [-0.3, -0.25) is 9.59 Å². The highest BCUT2D eigenvalue weighted by Gasteiger charge is 2.24. The van der Waals surface area contributed by atoms with Crippen LogP contribution in [-0.4, -0.2) is 30.8 Å². The summed E-state index contributed by atoms with van der Waals surface area (Å²) in [5, 5.41) is 3.18. The minimum absolute atomic E-state index is 0.123. The number of benzene rings is 1. The lowest BCUT2D eigenvalue weighted by molar-refractivity contribution is -0.162. The summed E-state index contributed by atoms with van der Waals surface area (Å²) in [5.74, 6) is -0.275. The zero-order valence-corrected chi connectivity index (χ0v) is 12.2. The molecule has 0 bridgehead atoms. The molecular formula is C15H19NO3S. The highest BCUT2D eigenvalue weighted by Crippen LogP contribution is 2.18. The molecule has 1 heterocycles. The Morgan fingerprint density at radius 1 is 1.20 bits per heavy atom. The molecule has 1 fully saturated rings. The molecule has 0 saturated carbocycles. The Balaban J connectivity index is 1.66. The van der Waals surface area contributed by atoms with Crippen molar-refractivity contribution in [3.63, 3.8) is 0 Å². The second-order valence-corrected chi connectivity index (χ2v) is 5.90. The Hall–Kier alpha value is -1.33. The predicted molar refractivity (Wildman–Crippen MR) is 78.5 cm³/mol. The average Bonchev–Trinajstić information content (AvgIpc) is 2.49. The molecule has 0 spiro atoms. The lowest BCUT2D eigenvalue weighted by Gasteiger charge is -2.20. The molecule has 0 aromatic heterocycles. The number of piperidine rings is 1. The van der Waals surface area contributed by atoms with E-state index in [9.17, 15) is 9.59 Å². The Bertz CT molecular complexity index is 444. The van der Waals surface area contributed by atoms with Crippen molar-refractivity contribution >= 4 is 23.7 Å². The topological polar surface area (TPSA) is 55.4 Å². The maximum atomic E-state index is 11.8. The van der Waals surface area contributed by atoms with Crippen LogP contribution in [0, 0.1) is 5.92 Å². The lowest BCUT2D eigenvalue weighted by atomic mass is 9.99. The fraction of sp³-hybridized carbons (Fsp3) is 0.467. The molecular weight excluding hydrogens is 274 g/mol. The van der Waals surface area contributed by atoms with Crippen LogP contribution in [0.15, 0.2) is 35.2 Å². The normalized spacial score (nSPS) is 15.8. The molecule has 20 heavy (non-hydrogen) atoms. The highest BCUT2D eigenvalue weighted by molar-refractivity contribution is 7.99. The molecule has 1 N–H and O–H groups in total. The molecule has 0 radical (unpaired) electrons. The zero-order chi connectivity index (χ0) is 14.2. The zero-order valence-electron chi connectivity index (χ0n) is 11.3. The number of rotatable bonds is 5. The van der Waals surface area contributed by atoms with E-state index in [-0.39, 0.29) is 18.3 Å². The summed E-state index contributed by atoms with van der Waals surface area (Å²) in [6.07, 6.45) is 1.77. The third-order valence-electron chi connectivity index (χ3n) is 3.21. The van der Waals surface area contributed by atoms with Gasteiger partial charge in [0.25, 0.3) is 0 Å². The molecule has 0 amide bonds. The highest BCUT2D eigenvalue weighted by atomic mass is 32.2. The van der Waals surface area contributed by atoms with Crippen LogP contribution >= 0.6 is 11.8 Å². The lowest BCUT2D eigenvalue weighted by Crippen LogP contribution is -2.33. The van der Waals surface area contributed by atoms with Crippen LogP contribution in [-0.2, 0) is 14.3 Å². The first-order valence-corrected chi connectivity index (χ1v) is 7.87. The van der Waals surface area contributed by atoms with E-state index in [0.29, 0.717) is 5.75 Å². The minimum atomic E-state index is -0.419. The summed E-state index contributed by atoms with van der Waals surface area (Å²) in [5.41, 5.74) is 0. The van der Waals surface area contributed by atoms with Gasteiger partial charge in [0, 0.05) is 10.6 Å². The number of carbonyl (C=O) groups is 2. The fourth-order valence-electron chi connectivity index (χ4n) is 2.07. The Morgan fingerprint density at radius 2 is 1.90 bits per heavy atom. The summed E-state index contributed by atoms with van der Waals surface area (Å²) in [4.78, 5) is 24.5. The van der Waals surface area contributed by atoms with Crippen LogP contribution in [0.3, 0.4) is 0 Å². The Labute approximate surface area is 123 Å². The van der Waals surface area contributed by atoms with E-state index in [2.05, 4.69) is 5.32 Å². The number of ether oxygens (including phenoxy) is 1. The van der Waals surface area contributed by atoms with E-state index in [4.69, 9.17) is 4.74 Å². The van der Waals surface area contributed by atoms with E-state index in [1.54, 1.807) is 11.8 Å². The molecule has 0 unspecified atom stereocenters. The van der Waals surface area contributed by atoms with Crippen LogP contribution in [0.2, 0.25) is 0 Å². The largest absolute Gasteiger partial charge is 0.393 e. The van der Waals surface area contributed by atoms with E-state index < -0.39 is 5.97 Å². The van der Waals surface area contributed by atoms with Crippen LogP contribution in [0.25, 0.3) is 0 Å². The summed E-state index contributed by atoms with van der Waals surface area (Å²) >= 11 is 1.59. The van der Waals surface area contributed by atoms with Gasteiger partial charge in [0.1, 0.15) is 0 Å². The van der Waals surface area contributed by atoms with E-state index in [1.807, 2.05) is 30.3 Å². The monoisotopic (exact) mass is 293 g/mol. The predicted octanol–water partition coefficient (Wildman–Crippen LogP) is 2.24.